The quantitative estimate of drug-likeness (QED) is 0.709. The highest BCUT2D eigenvalue weighted by Gasteiger charge is 2.11. The molecule has 2 aromatic carbocycles. The van der Waals surface area contributed by atoms with Crippen molar-refractivity contribution in [2.75, 3.05) is 0 Å². The van der Waals surface area contributed by atoms with Crippen molar-refractivity contribution in [3.8, 4) is 0 Å². The first kappa shape index (κ1) is 16.3. The summed E-state index contributed by atoms with van der Waals surface area (Å²) in [6.07, 6.45) is 1.85. The van der Waals surface area contributed by atoms with Crippen LogP contribution in [0.15, 0.2) is 42.5 Å². The molecule has 3 rings (SSSR count). The average molecular weight is 345 g/mol. The van der Waals surface area contributed by atoms with E-state index in [0.717, 1.165) is 22.3 Å². The van der Waals surface area contributed by atoms with Crippen LogP contribution in [0.25, 0.3) is 21.9 Å². The average Bonchev–Trinajstić information content (AvgIpc) is 2.98. The summed E-state index contributed by atoms with van der Waals surface area (Å²) in [4.78, 5) is 15.4. The first-order chi connectivity index (χ1) is 11.5. The van der Waals surface area contributed by atoms with Crippen LogP contribution in [0.4, 0.5) is 8.78 Å². The van der Waals surface area contributed by atoms with Gasteiger partial charge in [-0.1, -0.05) is 18.2 Å². The maximum absolute atomic E-state index is 13.4. The minimum absolute atomic E-state index is 0.0641. The third-order valence-corrected chi connectivity index (χ3v) is 4.57. The molecule has 3 nitrogen and oxygen atoms in total. The second-order valence-corrected chi connectivity index (χ2v) is 6.25. The van der Waals surface area contributed by atoms with E-state index in [-0.39, 0.29) is 12.8 Å². The Morgan fingerprint density at radius 3 is 2.62 bits per heavy atom. The minimum Gasteiger partial charge on any atom is -0.481 e. The normalized spacial score (nSPS) is 11.8. The minimum atomic E-state index is -0.939. The Balaban J connectivity index is 2.02. The van der Waals surface area contributed by atoms with Crippen molar-refractivity contribution in [2.24, 2.45) is 0 Å². The first-order valence-corrected chi connectivity index (χ1v) is 8.08. The van der Waals surface area contributed by atoms with Crippen LogP contribution in [0.5, 0.6) is 0 Å². The number of rotatable bonds is 5. The number of aliphatic carboxylic acids is 1. The van der Waals surface area contributed by atoms with Gasteiger partial charge in [0.15, 0.2) is 11.6 Å². The fourth-order valence-electron chi connectivity index (χ4n) is 2.30. The molecule has 1 heterocycles. The van der Waals surface area contributed by atoms with E-state index in [9.17, 15) is 13.6 Å². The van der Waals surface area contributed by atoms with Crippen LogP contribution < -0.4 is 0 Å². The summed E-state index contributed by atoms with van der Waals surface area (Å²) >= 11 is 1.44. The van der Waals surface area contributed by atoms with Gasteiger partial charge in [0.05, 0.1) is 10.2 Å². The second-order valence-electron chi connectivity index (χ2n) is 5.22. The van der Waals surface area contributed by atoms with Gasteiger partial charge in [-0.05, 0) is 47.9 Å². The number of thiazole rings is 1. The zero-order chi connectivity index (χ0) is 17.1. The van der Waals surface area contributed by atoms with Gasteiger partial charge in [0.2, 0.25) is 0 Å². The van der Waals surface area contributed by atoms with Crippen molar-refractivity contribution in [3.63, 3.8) is 0 Å². The molecule has 1 aromatic heterocycles. The van der Waals surface area contributed by atoms with E-state index in [0.29, 0.717) is 16.1 Å². The number of hydrogen-bond acceptors (Lipinski definition) is 3. The number of para-hydroxylation sites is 1. The molecule has 0 aliphatic heterocycles. The van der Waals surface area contributed by atoms with Gasteiger partial charge in [-0.3, -0.25) is 4.79 Å². The lowest BCUT2D eigenvalue weighted by atomic mass is 10.1. The van der Waals surface area contributed by atoms with Crippen LogP contribution in [0.3, 0.4) is 0 Å². The summed E-state index contributed by atoms with van der Waals surface area (Å²) in [5.74, 6) is -2.78. The SMILES string of the molecule is O=C(O)CCC(=Cc1ccc(F)c(F)c1)c1nc2ccccc2s1. The standard InChI is InChI=1S/C18H13F2NO2S/c19-13-7-5-11(10-14(13)20)9-12(6-8-17(22)23)18-21-15-3-1-2-4-16(15)24-18/h1-5,7,9-10H,6,8H2,(H,22,23). The summed E-state index contributed by atoms with van der Waals surface area (Å²) in [6.45, 7) is 0. The number of halogens is 2. The lowest BCUT2D eigenvalue weighted by molar-refractivity contribution is -0.136. The highest BCUT2D eigenvalue weighted by atomic mass is 32.1. The van der Waals surface area contributed by atoms with E-state index >= 15 is 0 Å². The Kier molecular flexibility index (Phi) is 4.66. The number of fused-ring (bicyclic) bond motifs is 1. The predicted octanol–water partition coefficient (Wildman–Crippen LogP) is 4.98. The summed E-state index contributed by atoms with van der Waals surface area (Å²) in [6, 6.07) is 11.2. The number of hydrogen-bond donors (Lipinski definition) is 1. The molecule has 0 amide bonds. The van der Waals surface area contributed by atoms with E-state index in [1.807, 2.05) is 24.3 Å². The highest BCUT2D eigenvalue weighted by Crippen LogP contribution is 2.31. The molecule has 0 bridgehead atoms. The summed E-state index contributed by atoms with van der Waals surface area (Å²) in [5.41, 5.74) is 1.97. The molecule has 0 saturated carbocycles. The summed E-state index contributed by atoms with van der Waals surface area (Å²) in [7, 11) is 0. The molecule has 0 radical (unpaired) electrons. The molecule has 0 atom stereocenters. The molecule has 6 heteroatoms. The van der Waals surface area contributed by atoms with E-state index in [4.69, 9.17) is 5.11 Å². The van der Waals surface area contributed by atoms with Crippen molar-refractivity contribution in [1.82, 2.24) is 4.98 Å². The van der Waals surface area contributed by atoms with Crippen LogP contribution in [-0.4, -0.2) is 16.1 Å². The lowest BCUT2D eigenvalue weighted by Crippen LogP contribution is -1.95. The summed E-state index contributed by atoms with van der Waals surface area (Å²) in [5, 5.41) is 9.62. The molecule has 3 aromatic rings. The maximum atomic E-state index is 13.4. The van der Waals surface area contributed by atoms with Crippen LogP contribution in [0.1, 0.15) is 23.4 Å². The topological polar surface area (TPSA) is 50.2 Å². The maximum Gasteiger partial charge on any atom is 0.303 e. The molecular weight excluding hydrogens is 332 g/mol. The third kappa shape index (κ3) is 3.65. The smallest absolute Gasteiger partial charge is 0.303 e. The third-order valence-electron chi connectivity index (χ3n) is 3.46. The number of benzene rings is 2. The molecule has 0 spiro atoms. The lowest BCUT2D eigenvalue weighted by Gasteiger charge is -2.04. The second kappa shape index (κ2) is 6.88. The van der Waals surface area contributed by atoms with Gasteiger partial charge < -0.3 is 5.11 Å². The molecular formula is C18H13F2NO2S. The van der Waals surface area contributed by atoms with Crippen molar-refractivity contribution >= 4 is 39.2 Å². The Morgan fingerprint density at radius 1 is 1.12 bits per heavy atom. The van der Waals surface area contributed by atoms with Crippen molar-refractivity contribution in [3.05, 3.63) is 64.7 Å². The fraction of sp³-hybridized carbons (Fsp3) is 0.111. The van der Waals surface area contributed by atoms with Crippen molar-refractivity contribution in [2.45, 2.75) is 12.8 Å². The number of carboxylic acids is 1. The van der Waals surface area contributed by atoms with E-state index < -0.39 is 17.6 Å². The Labute approximate surface area is 140 Å². The fourth-order valence-corrected chi connectivity index (χ4v) is 3.30. The van der Waals surface area contributed by atoms with Crippen LogP contribution in [0.2, 0.25) is 0 Å². The molecule has 0 aliphatic carbocycles. The predicted molar refractivity (Wildman–Crippen MR) is 90.7 cm³/mol. The summed E-state index contributed by atoms with van der Waals surface area (Å²) < 4.78 is 27.5. The number of carbonyl (C=O) groups is 1. The highest BCUT2D eigenvalue weighted by molar-refractivity contribution is 7.19. The Morgan fingerprint density at radius 2 is 1.92 bits per heavy atom. The van der Waals surface area contributed by atoms with Crippen molar-refractivity contribution < 1.29 is 18.7 Å². The molecule has 24 heavy (non-hydrogen) atoms. The molecule has 0 fully saturated rings. The molecule has 122 valence electrons. The monoisotopic (exact) mass is 345 g/mol. The van der Waals surface area contributed by atoms with Gasteiger partial charge in [0.25, 0.3) is 0 Å². The Bertz CT molecular complexity index is 901. The van der Waals surface area contributed by atoms with Gasteiger partial charge in [-0.25, -0.2) is 13.8 Å². The zero-order valence-corrected chi connectivity index (χ0v) is 13.3. The zero-order valence-electron chi connectivity index (χ0n) is 12.5. The van der Waals surface area contributed by atoms with Gasteiger partial charge in [0, 0.05) is 6.42 Å². The van der Waals surface area contributed by atoms with Crippen molar-refractivity contribution in [1.29, 1.82) is 0 Å². The first-order valence-electron chi connectivity index (χ1n) is 7.26. The number of aromatic nitrogens is 1. The van der Waals surface area contributed by atoms with E-state index in [1.54, 1.807) is 6.08 Å². The number of carboxylic acid groups (broad SMARTS) is 1. The molecule has 0 saturated heterocycles. The van der Waals surface area contributed by atoms with Crippen LogP contribution >= 0.6 is 11.3 Å². The molecule has 0 aliphatic rings. The van der Waals surface area contributed by atoms with E-state index in [1.165, 1.54) is 17.4 Å². The van der Waals surface area contributed by atoms with Crippen LogP contribution in [0, 0.1) is 11.6 Å². The van der Waals surface area contributed by atoms with Gasteiger partial charge in [0.1, 0.15) is 5.01 Å². The molecule has 0 unspecified atom stereocenters. The van der Waals surface area contributed by atoms with Gasteiger partial charge >= 0.3 is 5.97 Å². The van der Waals surface area contributed by atoms with E-state index in [2.05, 4.69) is 4.98 Å². The number of nitrogens with zero attached hydrogens (tertiary/aromatic N) is 1. The van der Waals surface area contributed by atoms with Gasteiger partial charge in [-0.2, -0.15) is 0 Å². The largest absolute Gasteiger partial charge is 0.481 e. The number of allylic oxidation sites excluding steroid dienone is 1. The van der Waals surface area contributed by atoms with Crippen LogP contribution in [-0.2, 0) is 4.79 Å². The van der Waals surface area contributed by atoms with Gasteiger partial charge in [-0.15, -0.1) is 11.3 Å². The molecule has 1 N–H and O–H groups in total. The Hall–Kier alpha value is -2.60.